The lowest BCUT2D eigenvalue weighted by Crippen LogP contribution is -2.11. The first-order chi connectivity index (χ1) is 11.4. The lowest BCUT2D eigenvalue weighted by atomic mass is 10.1. The normalized spacial score (nSPS) is 11.0. The first-order valence-electron chi connectivity index (χ1n) is 7.10. The molecule has 3 aromatic rings. The largest absolute Gasteiger partial charge is 0.385 e. The summed E-state index contributed by atoms with van der Waals surface area (Å²) in [5.74, 6) is -0.169. The first-order valence-corrected chi connectivity index (χ1v) is 8.23. The Hall–Kier alpha value is -1.82. The molecule has 0 spiro atoms. The number of fused-ring (bicyclic) bond motifs is 1. The molecule has 3 heterocycles. The standard InChI is InChI=1S/C16H13Cl3N4O/c1-8-15(19)23-13(4-3-12(20-2)16(23)22-8)14(24)5-9-10(17)6-21-7-11(9)18/h3-4,6-7,20H,5H2,1-2H3. The highest BCUT2D eigenvalue weighted by Gasteiger charge is 2.20. The smallest absolute Gasteiger partial charge is 0.184 e. The molecule has 124 valence electrons. The minimum Gasteiger partial charge on any atom is -0.385 e. The molecule has 1 N–H and O–H groups in total. The third-order valence-electron chi connectivity index (χ3n) is 3.71. The van der Waals surface area contributed by atoms with Crippen molar-refractivity contribution >= 4 is 51.9 Å². The van der Waals surface area contributed by atoms with Gasteiger partial charge in [-0.3, -0.25) is 14.2 Å². The number of aromatic nitrogens is 3. The van der Waals surface area contributed by atoms with Crippen LogP contribution in [0.5, 0.6) is 0 Å². The highest BCUT2D eigenvalue weighted by atomic mass is 35.5. The monoisotopic (exact) mass is 382 g/mol. The Labute approximate surface area is 153 Å². The molecule has 0 saturated carbocycles. The van der Waals surface area contributed by atoms with Crippen LogP contribution in [0.15, 0.2) is 24.5 Å². The second-order valence-electron chi connectivity index (χ2n) is 5.21. The minimum atomic E-state index is -0.169. The van der Waals surface area contributed by atoms with Gasteiger partial charge in [0.05, 0.1) is 27.1 Å². The molecule has 0 atom stereocenters. The van der Waals surface area contributed by atoms with Gasteiger partial charge in [0.1, 0.15) is 5.15 Å². The summed E-state index contributed by atoms with van der Waals surface area (Å²) in [5, 5.41) is 4.15. The van der Waals surface area contributed by atoms with Gasteiger partial charge >= 0.3 is 0 Å². The van der Waals surface area contributed by atoms with Gasteiger partial charge in [-0.1, -0.05) is 34.8 Å². The zero-order chi connectivity index (χ0) is 17.4. The van der Waals surface area contributed by atoms with E-state index in [1.165, 1.54) is 12.4 Å². The van der Waals surface area contributed by atoms with Crippen molar-refractivity contribution < 1.29 is 4.79 Å². The Morgan fingerprint density at radius 2 is 1.88 bits per heavy atom. The predicted octanol–water partition coefficient (Wildman–Crippen LogP) is 4.47. The number of hydrogen-bond donors (Lipinski definition) is 1. The third-order valence-corrected chi connectivity index (χ3v) is 4.81. The van der Waals surface area contributed by atoms with Crippen molar-refractivity contribution in [1.29, 1.82) is 0 Å². The molecule has 0 aromatic carbocycles. The van der Waals surface area contributed by atoms with Crippen LogP contribution in [-0.2, 0) is 6.42 Å². The van der Waals surface area contributed by atoms with Gasteiger partial charge in [-0.2, -0.15) is 0 Å². The van der Waals surface area contributed by atoms with Crippen LogP contribution in [0.1, 0.15) is 21.7 Å². The summed E-state index contributed by atoms with van der Waals surface area (Å²) in [6.45, 7) is 1.79. The molecule has 0 aliphatic rings. The van der Waals surface area contributed by atoms with Crippen LogP contribution in [-0.4, -0.2) is 27.2 Å². The second-order valence-corrected chi connectivity index (χ2v) is 6.38. The van der Waals surface area contributed by atoms with Crippen molar-refractivity contribution in [3.05, 3.63) is 56.7 Å². The number of rotatable bonds is 4. The number of carbonyl (C=O) groups excluding carboxylic acids is 1. The lowest BCUT2D eigenvalue weighted by molar-refractivity contribution is 0.0987. The number of halogens is 3. The number of hydrogen-bond acceptors (Lipinski definition) is 4. The van der Waals surface area contributed by atoms with Crippen molar-refractivity contribution in [3.63, 3.8) is 0 Å². The summed E-state index contributed by atoms with van der Waals surface area (Å²) in [6.07, 6.45) is 2.97. The van der Waals surface area contributed by atoms with E-state index in [4.69, 9.17) is 34.8 Å². The summed E-state index contributed by atoms with van der Waals surface area (Å²) in [6, 6.07) is 3.50. The van der Waals surface area contributed by atoms with Crippen LogP contribution in [0.3, 0.4) is 0 Å². The number of imidazole rings is 1. The van der Waals surface area contributed by atoms with Crippen LogP contribution in [0, 0.1) is 6.92 Å². The van der Waals surface area contributed by atoms with Gasteiger partial charge < -0.3 is 5.32 Å². The number of pyridine rings is 2. The molecule has 0 aliphatic carbocycles. The maximum Gasteiger partial charge on any atom is 0.184 e. The summed E-state index contributed by atoms with van der Waals surface area (Å²) >= 11 is 18.6. The van der Waals surface area contributed by atoms with Gasteiger partial charge in [0.2, 0.25) is 0 Å². The number of anilines is 1. The lowest BCUT2D eigenvalue weighted by Gasteiger charge is -2.10. The number of ketones is 1. The van der Waals surface area contributed by atoms with Gasteiger partial charge in [-0.05, 0) is 19.1 Å². The van der Waals surface area contributed by atoms with E-state index in [0.717, 1.165) is 5.69 Å². The van der Waals surface area contributed by atoms with E-state index in [2.05, 4.69) is 15.3 Å². The fraction of sp³-hybridized carbons (Fsp3) is 0.188. The Balaban J connectivity index is 2.11. The van der Waals surface area contributed by atoms with Gasteiger partial charge in [0, 0.05) is 31.4 Å². The van der Waals surface area contributed by atoms with E-state index in [1.54, 1.807) is 30.5 Å². The first kappa shape index (κ1) is 17.0. The van der Waals surface area contributed by atoms with E-state index in [1.807, 2.05) is 0 Å². The summed E-state index contributed by atoms with van der Waals surface area (Å²) < 4.78 is 1.63. The molecule has 0 fully saturated rings. The van der Waals surface area contributed by atoms with Gasteiger partial charge in [-0.15, -0.1) is 0 Å². The second kappa shape index (κ2) is 6.59. The zero-order valence-electron chi connectivity index (χ0n) is 12.9. The Bertz CT molecular complexity index is 932. The number of nitrogens with one attached hydrogen (secondary N) is 1. The van der Waals surface area contributed by atoms with E-state index in [9.17, 15) is 4.79 Å². The van der Waals surface area contributed by atoms with E-state index in [0.29, 0.717) is 37.8 Å². The molecular formula is C16H13Cl3N4O. The molecule has 0 radical (unpaired) electrons. The molecule has 0 amide bonds. The third kappa shape index (κ3) is 2.83. The fourth-order valence-corrected chi connectivity index (χ4v) is 3.20. The van der Waals surface area contributed by atoms with Crippen LogP contribution in [0.2, 0.25) is 15.2 Å². The van der Waals surface area contributed by atoms with E-state index < -0.39 is 0 Å². The Morgan fingerprint density at radius 1 is 1.21 bits per heavy atom. The molecule has 24 heavy (non-hydrogen) atoms. The zero-order valence-corrected chi connectivity index (χ0v) is 15.2. The average molecular weight is 384 g/mol. The summed E-state index contributed by atoms with van der Waals surface area (Å²) in [5.41, 5.74) is 2.98. The minimum absolute atomic E-state index is 0.0434. The van der Waals surface area contributed by atoms with Gasteiger partial charge in [-0.25, -0.2) is 4.98 Å². The Kier molecular flexibility index (Phi) is 4.67. The molecule has 0 aliphatic heterocycles. The molecule has 3 rings (SSSR count). The SMILES string of the molecule is CNc1ccc(C(=O)Cc2c(Cl)cncc2Cl)n2c(Cl)c(C)nc12. The van der Waals surface area contributed by atoms with Crippen LogP contribution < -0.4 is 5.32 Å². The Morgan fingerprint density at radius 3 is 2.50 bits per heavy atom. The maximum atomic E-state index is 12.8. The number of carbonyl (C=O) groups is 1. The van der Waals surface area contributed by atoms with Crippen molar-refractivity contribution in [3.8, 4) is 0 Å². The highest BCUT2D eigenvalue weighted by Crippen LogP contribution is 2.28. The van der Waals surface area contributed by atoms with Crippen molar-refractivity contribution in [1.82, 2.24) is 14.4 Å². The number of Topliss-reactive ketones (excluding diaryl/α,β-unsaturated/α-hetero) is 1. The van der Waals surface area contributed by atoms with Crippen molar-refractivity contribution in [2.75, 3.05) is 12.4 Å². The van der Waals surface area contributed by atoms with Crippen LogP contribution >= 0.6 is 34.8 Å². The van der Waals surface area contributed by atoms with Crippen molar-refractivity contribution in [2.24, 2.45) is 0 Å². The molecule has 3 aromatic heterocycles. The van der Waals surface area contributed by atoms with Crippen LogP contribution in [0.25, 0.3) is 5.65 Å². The summed E-state index contributed by atoms with van der Waals surface area (Å²) in [4.78, 5) is 21.1. The highest BCUT2D eigenvalue weighted by molar-refractivity contribution is 6.36. The van der Waals surface area contributed by atoms with Gasteiger partial charge in [0.15, 0.2) is 11.4 Å². The molecule has 0 unspecified atom stereocenters. The number of aryl methyl sites for hydroxylation is 1. The molecular weight excluding hydrogens is 371 g/mol. The predicted molar refractivity (Wildman–Crippen MR) is 96.8 cm³/mol. The molecule has 8 heteroatoms. The van der Waals surface area contributed by atoms with Crippen molar-refractivity contribution in [2.45, 2.75) is 13.3 Å². The van der Waals surface area contributed by atoms with E-state index in [-0.39, 0.29) is 12.2 Å². The van der Waals surface area contributed by atoms with Crippen LogP contribution in [0.4, 0.5) is 5.69 Å². The topological polar surface area (TPSA) is 59.3 Å². The maximum absolute atomic E-state index is 12.8. The summed E-state index contributed by atoms with van der Waals surface area (Å²) in [7, 11) is 1.78. The van der Waals surface area contributed by atoms with Gasteiger partial charge in [0.25, 0.3) is 0 Å². The number of nitrogens with zero attached hydrogens (tertiary/aromatic N) is 3. The average Bonchev–Trinajstić information content (AvgIpc) is 2.86. The fourth-order valence-electron chi connectivity index (χ4n) is 2.49. The molecule has 0 saturated heterocycles. The van der Waals surface area contributed by atoms with E-state index >= 15 is 0 Å². The molecule has 0 bridgehead atoms. The molecule has 5 nitrogen and oxygen atoms in total. The quantitative estimate of drug-likeness (QED) is 0.676.